The van der Waals surface area contributed by atoms with Crippen molar-refractivity contribution in [3.05, 3.63) is 84.3 Å². The molecule has 0 aliphatic heterocycles. The maximum Gasteiger partial charge on any atom is 0.354 e. The van der Waals surface area contributed by atoms with Gasteiger partial charge in [0.15, 0.2) is 0 Å². The van der Waals surface area contributed by atoms with Crippen LogP contribution in [0, 0.1) is 17.7 Å². The molecule has 0 unspecified atom stereocenters. The van der Waals surface area contributed by atoms with Gasteiger partial charge in [0.1, 0.15) is 5.69 Å². The smallest absolute Gasteiger partial charge is 0.354 e. The molecule has 0 radical (unpaired) electrons. The summed E-state index contributed by atoms with van der Waals surface area (Å²) in [5, 5.41) is 8.32. The van der Waals surface area contributed by atoms with E-state index in [1.807, 2.05) is 0 Å². The number of rotatable bonds is 2. The average molecular weight is 420 g/mol. The molecular weight excluding hydrogens is 409 g/mol. The number of nitrogens with zero attached hydrogens (tertiary/aromatic N) is 2. The Morgan fingerprint density at radius 1 is 1.04 bits per heavy atom. The van der Waals surface area contributed by atoms with E-state index in [0.717, 1.165) is 12.1 Å². The van der Waals surface area contributed by atoms with Crippen LogP contribution in [-0.4, -0.2) is 21.0 Å². The first-order valence-corrected chi connectivity index (χ1v) is 6.50. The fraction of sp³-hybridized carbons (Fsp3) is 0. The molecule has 0 fully saturated rings. The molecule has 7 heteroatoms. The fourth-order valence-corrected chi connectivity index (χ4v) is 1.64. The Bertz CT molecular complexity index is 787. The van der Waals surface area contributed by atoms with Crippen LogP contribution in [-0.2, 0) is 20.4 Å². The second-order valence-electron chi connectivity index (χ2n) is 4.28. The van der Waals surface area contributed by atoms with Crippen molar-refractivity contribution < 1.29 is 39.1 Å². The van der Waals surface area contributed by atoms with Crippen LogP contribution in [0.15, 0.2) is 60.9 Å². The topological polar surface area (TPSA) is 63.1 Å². The van der Waals surface area contributed by atoms with E-state index in [-0.39, 0.29) is 31.7 Å². The van der Waals surface area contributed by atoms with Crippen molar-refractivity contribution in [2.75, 3.05) is 0 Å². The molecule has 2 heterocycles. The minimum absolute atomic E-state index is 0. The fourth-order valence-electron chi connectivity index (χ4n) is 1.64. The van der Waals surface area contributed by atoms with Crippen LogP contribution in [0.4, 0.5) is 8.78 Å². The van der Waals surface area contributed by atoms with E-state index in [0.29, 0.717) is 5.69 Å². The molecule has 0 aliphatic carbocycles. The molecule has 1 N–H and O–H groups in total. The van der Waals surface area contributed by atoms with E-state index in [1.165, 1.54) is 12.3 Å². The first-order valence-electron chi connectivity index (χ1n) is 6.50. The van der Waals surface area contributed by atoms with Crippen molar-refractivity contribution in [3.8, 4) is 11.3 Å². The normalized spacial score (nSPS) is 9.25. The summed E-state index contributed by atoms with van der Waals surface area (Å²) in [6.45, 7) is 0. The van der Waals surface area contributed by atoms with Gasteiger partial charge in [0.05, 0.1) is 0 Å². The molecule has 0 bridgehead atoms. The predicted octanol–water partition coefficient (Wildman–Crippen LogP) is 3.60. The van der Waals surface area contributed by atoms with Gasteiger partial charge in [0.25, 0.3) is 0 Å². The zero-order valence-corrected chi connectivity index (χ0v) is 13.7. The number of carboxylic acid groups (broad SMARTS) is 1. The summed E-state index contributed by atoms with van der Waals surface area (Å²) in [5.41, 5.74) is 0.717. The molecule has 0 amide bonds. The molecule has 24 heavy (non-hydrogen) atoms. The minimum atomic E-state index is -0.990. The third-order valence-electron chi connectivity index (χ3n) is 2.66. The van der Waals surface area contributed by atoms with Crippen molar-refractivity contribution in [2.24, 2.45) is 0 Å². The SMILES string of the molecule is Fc1c[c-]c(-c2ccccn2)c(F)c1.O=C(O)c1ccccn1.[Pd]. The zero-order chi connectivity index (χ0) is 16.7. The summed E-state index contributed by atoms with van der Waals surface area (Å²) in [4.78, 5) is 17.7. The molecule has 0 atom stereocenters. The third-order valence-corrected chi connectivity index (χ3v) is 2.66. The molecule has 0 aliphatic rings. The molecule has 126 valence electrons. The van der Waals surface area contributed by atoms with E-state index < -0.39 is 17.6 Å². The molecule has 3 rings (SSSR count). The van der Waals surface area contributed by atoms with Gasteiger partial charge >= 0.3 is 5.97 Å². The van der Waals surface area contributed by atoms with Crippen LogP contribution in [0.5, 0.6) is 0 Å². The number of hydrogen-bond acceptors (Lipinski definition) is 3. The second kappa shape index (κ2) is 9.61. The Hall–Kier alpha value is -2.49. The zero-order valence-electron chi connectivity index (χ0n) is 12.1. The maximum atomic E-state index is 13.2. The maximum absolute atomic E-state index is 13.2. The van der Waals surface area contributed by atoms with E-state index in [2.05, 4.69) is 16.0 Å². The van der Waals surface area contributed by atoms with Crippen molar-refractivity contribution in [1.82, 2.24) is 9.97 Å². The van der Waals surface area contributed by atoms with Gasteiger partial charge in [-0.3, -0.25) is 8.78 Å². The van der Waals surface area contributed by atoms with Crippen molar-refractivity contribution in [2.45, 2.75) is 0 Å². The minimum Gasteiger partial charge on any atom is -0.477 e. The van der Waals surface area contributed by atoms with Crippen molar-refractivity contribution in [1.29, 1.82) is 0 Å². The summed E-state index contributed by atoms with van der Waals surface area (Å²) in [6, 6.07) is 14.3. The van der Waals surface area contributed by atoms with E-state index >= 15 is 0 Å². The number of aromatic nitrogens is 2. The van der Waals surface area contributed by atoms with Gasteiger partial charge in [0.2, 0.25) is 0 Å². The summed E-state index contributed by atoms with van der Waals surface area (Å²) in [5.74, 6) is -2.28. The van der Waals surface area contributed by atoms with E-state index in [9.17, 15) is 13.6 Å². The molecular formula is C17H11F2N2O2Pd-. The number of hydrogen-bond donors (Lipinski definition) is 1. The summed E-state index contributed by atoms with van der Waals surface area (Å²) in [6.07, 6.45) is 3.00. The van der Waals surface area contributed by atoms with Gasteiger partial charge in [-0.25, -0.2) is 9.78 Å². The molecule has 0 spiro atoms. The summed E-state index contributed by atoms with van der Waals surface area (Å²) < 4.78 is 25.8. The van der Waals surface area contributed by atoms with E-state index in [4.69, 9.17) is 5.11 Å². The Morgan fingerprint density at radius 3 is 2.17 bits per heavy atom. The summed E-state index contributed by atoms with van der Waals surface area (Å²) in [7, 11) is 0. The Balaban J connectivity index is 0.000000252. The number of halogens is 2. The largest absolute Gasteiger partial charge is 0.477 e. The first kappa shape index (κ1) is 19.6. The number of carbonyl (C=O) groups is 1. The van der Waals surface area contributed by atoms with E-state index in [1.54, 1.807) is 36.5 Å². The standard InChI is InChI=1S/C11H6F2N.C6H5NO2.Pd/c12-8-4-5-9(10(13)7-8)11-3-1-2-6-14-11;8-6(9)5-3-1-2-4-7-5;/h1-4,6-7H;1-4H,(H,8,9);/q-1;;. The second-order valence-corrected chi connectivity index (χ2v) is 4.28. The Kier molecular flexibility index (Phi) is 7.83. The number of carboxylic acids is 1. The molecule has 0 saturated heterocycles. The van der Waals surface area contributed by atoms with Crippen LogP contribution in [0.1, 0.15) is 10.5 Å². The molecule has 0 saturated carbocycles. The quantitative estimate of drug-likeness (QED) is 0.509. The van der Waals surface area contributed by atoms with Crippen LogP contribution < -0.4 is 0 Å². The number of pyridine rings is 2. The third kappa shape index (κ3) is 5.61. The Morgan fingerprint density at radius 2 is 1.71 bits per heavy atom. The van der Waals surface area contributed by atoms with Crippen molar-refractivity contribution in [3.63, 3.8) is 0 Å². The average Bonchev–Trinajstić information content (AvgIpc) is 2.57. The van der Waals surface area contributed by atoms with Gasteiger partial charge in [0, 0.05) is 44.5 Å². The molecule has 4 nitrogen and oxygen atoms in total. The van der Waals surface area contributed by atoms with Crippen LogP contribution >= 0.6 is 0 Å². The van der Waals surface area contributed by atoms with Gasteiger partial charge in [-0.1, -0.05) is 29.8 Å². The van der Waals surface area contributed by atoms with Gasteiger partial charge in [-0.15, -0.1) is 12.1 Å². The first-order chi connectivity index (χ1) is 11.1. The van der Waals surface area contributed by atoms with Crippen LogP contribution in [0.3, 0.4) is 0 Å². The monoisotopic (exact) mass is 419 g/mol. The van der Waals surface area contributed by atoms with Gasteiger partial charge < -0.3 is 10.1 Å². The number of aromatic carboxylic acids is 1. The summed E-state index contributed by atoms with van der Waals surface area (Å²) >= 11 is 0. The van der Waals surface area contributed by atoms with Gasteiger partial charge in [-0.05, 0) is 23.9 Å². The van der Waals surface area contributed by atoms with Crippen LogP contribution in [0.25, 0.3) is 11.3 Å². The molecule has 1 aromatic carbocycles. The molecule has 3 aromatic rings. The Labute approximate surface area is 150 Å². The predicted molar refractivity (Wildman–Crippen MR) is 79.6 cm³/mol. The van der Waals surface area contributed by atoms with Gasteiger partial charge in [-0.2, -0.15) is 0 Å². The molecule has 2 aromatic heterocycles. The number of benzene rings is 1. The van der Waals surface area contributed by atoms with Crippen LogP contribution in [0.2, 0.25) is 0 Å². The van der Waals surface area contributed by atoms with Crippen molar-refractivity contribution >= 4 is 5.97 Å².